The Bertz CT molecular complexity index is 718. The number of likely N-dealkylation sites (tertiary alicyclic amines) is 1. The van der Waals surface area contributed by atoms with E-state index in [9.17, 15) is 0 Å². The number of halogens is 1. The zero-order chi connectivity index (χ0) is 17.6. The van der Waals surface area contributed by atoms with Gasteiger partial charge in [-0.15, -0.1) is 47.1 Å². The van der Waals surface area contributed by atoms with Crippen LogP contribution < -0.4 is 5.32 Å². The molecule has 1 fully saturated rings. The van der Waals surface area contributed by atoms with E-state index >= 15 is 0 Å². The number of rotatable bonds is 5. The van der Waals surface area contributed by atoms with Crippen molar-refractivity contribution in [2.24, 2.45) is 10.9 Å². The second kappa shape index (κ2) is 10.5. The number of aromatic nitrogens is 1. The van der Waals surface area contributed by atoms with Crippen LogP contribution in [0.5, 0.6) is 0 Å². The number of nitrogens with zero attached hydrogens (tertiary/aromatic N) is 3. The van der Waals surface area contributed by atoms with Crippen LogP contribution in [0.4, 0.5) is 0 Å². The number of hydrogen-bond acceptors (Lipinski definition) is 4. The molecule has 0 aliphatic carbocycles. The van der Waals surface area contributed by atoms with Crippen molar-refractivity contribution < 1.29 is 0 Å². The van der Waals surface area contributed by atoms with E-state index in [1.54, 1.807) is 11.3 Å². The lowest BCUT2D eigenvalue weighted by atomic mass is 10.2. The van der Waals surface area contributed by atoms with Gasteiger partial charge in [-0.25, -0.2) is 4.98 Å². The average Bonchev–Trinajstić information content (AvgIpc) is 3.21. The van der Waals surface area contributed by atoms with Crippen LogP contribution in [0, 0.1) is 19.8 Å². The summed E-state index contributed by atoms with van der Waals surface area (Å²) in [6.45, 7) is 7.12. The molecule has 0 saturated carbocycles. The quantitative estimate of drug-likeness (QED) is 0.282. The van der Waals surface area contributed by atoms with Crippen molar-refractivity contribution >= 4 is 53.0 Å². The van der Waals surface area contributed by atoms with E-state index in [4.69, 9.17) is 0 Å². The fourth-order valence-electron chi connectivity index (χ4n) is 3.12. The molecule has 0 amide bonds. The molecular formula is C19H27IN4S2. The number of aryl methyl sites for hydroxylation is 2. The number of guanidine groups is 1. The van der Waals surface area contributed by atoms with Crippen LogP contribution >= 0.6 is 47.1 Å². The predicted molar refractivity (Wildman–Crippen MR) is 124 cm³/mol. The number of thioether (sulfide) groups is 1. The topological polar surface area (TPSA) is 40.5 Å². The van der Waals surface area contributed by atoms with Gasteiger partial charge in [0.25, 0.3) is 0 Å². The standard InChI is InChI=1S/C19H26N4S2.HI/c1-14-18(25-15(2)22-14)11-21-19(20-3)23-10-9-16(12-23)13-24-17-7-5-4-6-8-17;/h4-8,16H,9-13H2,1-3H3,(H,20,21);1H. The third-order valence-electron chi connectivity index (χ3n) is 4.43. The largest absolute Gasteiger partial charge is 0.351 e. The van der Waals surface area contributed by atoms with Crippen molar-refractivity contribution in [3.8, 4) is 0 Å². The Balaban J connectivity index is 0.00000243. The van der Waals surface area contributed by atoms with Crippen LogP contribution in [0.2, 0.25) is 0 Å². The van der Waals surface area contributed by atoms with Crippen molar-refractivity contribution in [3.63, 3.8) is 0 Å². The van der Waals surface area contributed by atoms with Crippen LogP contribution in [-0.2, 0) is 6.54 Å². The van der Waals surface area contributed by atoms with Gasteiger partial charge >= 0.3 is 0 Å². The number of benzene rings is 1. The minimum absolute atomic E-state index is 0. The van der Waals surface area contributed by atoms with Crippen molar-refractivity contribution in [2.45, 2.75) is 31.7 Å². The van der Waals surface area contributed by atoms with Gasteiger partial charge in [-0.3, -0.25) is 4.99 Å². The lowest BCUT2D eigenvalue weighted by molar-refractivity contribution is 0.474. The van der Waals surface area contributed by atoms with E-state index in [0.29, 0.717) is 0 Å². The van der Waals surface area contributed by atoms with Gasteiger partial charge in [0.2, 0.25) is 0 Å². The van der Waals surface area contributed by atoms with E-state index in [-0.39, 0.29) is 24.0 Å². The van der Waals surface area contributed by atoms with E-state index in [1.807, 2.05) is 18.8 Å². The van der Waals surface area contributed by atoms with E-state index in [2.05, 4.69) is 64.4 Å². The first-order chi connectivity index (χ1) is 12.2. The average molecular weight is 502 g/mol. The van der Waals surface area contributed by atoms with Gasteiger partial charge in [-0.2, -0.15) is 0 Å². The Labute approximate surface area is 181 Å². The summed E-state index contributed by atoms with van der Waals surface area (Å²) in [4.78, 5) is 14.0. The van der Waals surface area contributed by atoms with Crippen LogP contribution in [0.25, 0.3) is 0 Å². The fraction of sp³-hybridized carbons (Fsp3) is 0.474. The summed E-state index contributed by atoms with van der Waals surface area (Å²) in [7, 11) is 1.87. The lowest BCUT2D eigenvalue weighted by Gasteiger charge is -2.21. The molecule has 1 aromatic heterocycles. The van der Waals surface area contributed by atoms with Gasteiger partial charge in [0.05, 0.1) is 17.2 Å². The summed E-state index contributed by atoms with van der Waals surface area (Å²) in [5.41, 5.74) is 1.13. The van der Waals surface area contributed by atoms with Gasteiger partial charge in [-0.1, -0.05) is 18.2 Å². The van der Waals surface area contributed by atoms with Crippen LogP contribution in [0.15, 0.2) is 40.2 Å². The number of nitrogens with one attached hydrogen (secondary N) is 1. The highest BCUT2D eigenvalue weighted by molar-refractivity contribution is 14.0. The van der Waals surface area contributed by atoms with Gasteiger partial charge in [0.15, 0.2) is 5.96 Å². The molecule has 1 aromatic carbocycles. The lowest BCUT2D eigenvalue weighted by Crippen LogP contribution is -2.39. The van der Waals surface area contributed by atoms with E-state index in [1.165, 1.54) is 21.9 Å². The summed E-state index contributed by atoms with van der Waals surface area (Å²) < 4.78 is 0. The number of aliphatic imine (C=N–C) groups is 1. The van der Waals surface area contributed by atoms with E-state index < -0.39 is 0 Å². The maximum absolute atomic E-state index is 4.50. The first kappa shape index (κ1) is 21.5. The molecule has 1 N–H and O–H groups in total. The van der Waals surface area contributed by atoms with Crippen molar-refractivity contribution in [3.05, 3.63) is 45.9 Å². The summed E-state index contributed by atoms with van der Waals surface area (Å²) >= 11 is 3.73. The third kappa shape index (κ3) is 5.85. The molecular weight excluding hydrogens is 475 g/mol. The summed E-state index contributed by atoms with van der Waals surface area (Å²) in [6.07, 6.45) is 1.24. The monoisotopic (exact) mass is 502 g/mol. The first-order valence-corrected chi connectivity index (χ1v) is 10.5. The molecule has 142 valence electrons. The Hall–Kier alpha value is -0.800. The highest BCUT2D eigenvalue weighted by Gasteiger charge is 2.25. The molecule has 2 aromatic rings. The van der Waals surface area contributed by atoms with Crippen molar-refractivity contribution in [2.75, 3.05) is 25.9 Å². The molecule has 1 aliphatic rings. The van der Waals surface area contributed by atoms with Gasteiger partial charge in [0, 0.05) is 35.7 Å². The zero-order valence-electron chi connectivity index (χ0n) is 15.6. The minimum atomic E-state index is 0. The highest BCUT2D eigenvalue weighted by atomic mass is 127. The summed E-state index contributed by atoms with van der Waals surface area (Å²) in [5.74, 6) is 2.90. The maximum Gasteiger partial charge on any atom is 0.193 e. The van der Waals surface area contributed by atoms with E-state index in [0.717, 1.165) is 42.2 Å². The summed E-state index contributed by atoms with van der Waals surface area (Å²) in [5, 5.41) is 4.64. The molecule has 1 atom stereocenters. The summed E-state index contributed by atoms with van der Waals surface area (Å²) in [6, 6.07) is 10.7. The van der Waals surface area contributed by atoms with Crippen molar-refractivity contribution in [1.82, 2.24) is 15.2 Å². The second-order valence-corrected chi connectivity index (χ2v) is 8.75. The van der Waals surface area contributed by atoms with Gasteiger partial charge in [0.1, 0.15) is 0 Å². The number of hydrogen-bond donors (Lipinski definition) is 1. The zero-order valence-corrected chi connectivity index (χ0v) is 19.5. The Morgan fingerprint density at radius 1 is 1.35 bits per heavy atom. The minimum Gasteiger partial charge on any atom is -0.351 e. The molecule has 2 heterocycles. The molecule has 1 aliphatic heterocycles. The molecule has 3 rings (SSSR count). The molecule has 1 saturated heterocycles. The Morgan fingerprint density at radius 3 is 2.77 bits per heavy atom. The fourth-order valence-corrected chi connectivity index (χ4v) is 5.05. The molecule has 1 unspecified atom stereocenters. The molecule has 0 radical (unpaired) electrons. The normalized spacial score (nSPS) is 17.3. The van der Waals surface area contributed by atoms with Gasteiger partial charge in [-0.05, 0) is 38.3 Å². The smallest absolute Gasteiger partial charge is 0.193 e. The molecule has 26 heavy (non-hydrogen) atoms. The highest BCUT2D eigenvalue weighted by Crippen LogP contribution is 2.26. The first-order valence-electron chi connectivity index (χ1n) is 8.72. The molecule has 7 heteroatoms. The second-order valence-electron chi connectivity index (χ2n) is 6.37. The Morgan fingerprint density at radius 2 is 2.12 bits per heavy atom. The maximum atomic E-state index is 4.50. The number of thiazole rings is 1. The molecule has 0 spiro atoms. The van der Waals surface area contributed by atoms with Crippen molar-refractivity contribution in [1.29, 1.82) is 0 Å². The predicted octanol–water partition coefficient (Wildman–Crippen LogP) is 4.57. The van der Waals surface area contributed by atoms with Crippen LogP contribution in [0.3, 0.4) is 0 Å². The Kier molecular flexibility index (Phi) is 8.69. The van der Waals surface area contributed by atoms with Crippen LogP contribution in [0.1, 0.15) is 22.0 Å². The molecule has 4 nitrogen and oxygen atoms in total. The van der Waals surface area contributed by atoms with Gasteiger partial charge < -0.3 is 10.2 Å². The third-order valence-corrected chi connectivity index (χ3v) is 6.75. The van der Waals surface area contributed by atoms with Crippen LogP contribution in [-0.4, -0.2) is 41.7 Å². The SMILES string of the molecule is CN=C(NCc1sc(C)nc1C)N1CCC(CSc2ccccc2)C1.I. The molecule has 0 bridgehead atoms.